The zero-order valence-corrected chi connectivity index (χ0v) is 8.85. The van der Waals surface area contributed by atoms with Crippen molar-refractivity contribution in [1.29, 1.82) is 0 Å². The summed E-state index contributed by atoms with van der Waals surface area (Å²) in [6, 6.07) is 0.565. The Balaban J connectivity index is 3.72. The molecule has 0 amide bonds. The first-order valence-electron chi connectivity index (χ1n) is 5.02. The number of rotatable bonds is 7. The molecule has 0 aromatic heterocycles. The van der Waals surface area contributed by atoms with E-state index in [0.717, 1.165) is 13.1 Å². The molecule has 3 nitrogen and oxygen atoms in total. The van der Waals surface area contributed by atoms with E-state index in [1.165, 1.54) is 12.8 Å². The number of nitrogens with one attached hydrogen (secondary N) is 2. The molecule has 1 unspecified atom stereocenters. The minimum Gasteiger partial charge on any atom is -0.242 e. The van der Waals surface area contributed by atoms with E-state index < -0.39 is 0 Å². The van der Waals surface area contributed by atoms with Crippen LogP contribution >= 0.6 is 0 Å². The minimum atomic E-state index is 0.565. The molecule has 0 aliphatic heterocycles. The maximum Gasteiger partial charge on any atom is 0.0371 e. The van der Waals surface area contributed by atoms with Crippen molar-refractivity contribution in [3.05, 3.63) is 0 Å². The highest BCUT2D eigenvalue weighted by Crippen LogP contribution is 2.00. The first-order chi connectivity index (χ1) is 5.76. The van der Waals surface area contributed by atoms with Crippen molar-refractivity contribution in [3.63, 3.8) is 0 Å². The molecule has 0 fully saturated rings. The fourth-order valence-corrected chi connectivity index (χ4v) is 1.26. The molecule has 0 saturated heterocycles. The summed E-state index contributed by atoms with van der Waals surface area (Å²) in [6.45, 7) is 10.6. The Hall–Kier alpha value is -0.120. The van der Waals surface area contributed by atoms with Gasteiger partial charge in [0.15, 0.2) is 0 Å². The van der Waals surface area contributed by atoms with E-state index in [4.69, 9.17) is 0 Å². The predicted octanol–water partition coefficient (Wildman–Crippen LogP) is 1.53. The SMILES string of the molecule is CCCC(C)N(NCC)NCC. The van der Waals surface area contributed by atoms with Crippen LogP contribution in [0.1, 0.15) is 40.5 Å². The lowest BCUT2D eigenvalue weighted by atomic mass is 10.2. The molecule has 0 aliphatic rings. The molecule has 0 aliphatic carbocycles. The van der Waals surface area contributed by atoms with Gasteiger partial charge in [0.25, 0.3) is 0 Å². The molecule has 74 valence electrons. The van der Waals surface area contributed by atoms with Crippen LogP contribution in [0.2, 0.25) is 0 Å². The first kappa shape index (κ1) is 11.9. The van der Waals surface area contributed by atoms with Crippen LogP contribution in [0.3, 0.4) is 0 Å². The Morgan fingerprint density at radius 2 is 1.58 bits per heavy atom. The van der Waals surface area contributed by atoms with E-state index in [1.807, 2.05) is 0 Å². The summed E-state index contributed by atoms with van der Waals surface area (Å²) in [4.78, 5) is 0. The zero-order chi connectivity index (χ0) is 9.40. The quantitative estimate of drug-likeness (QED) is 0.572. The Labute approximate surface area is 76.5 Å². The number of hydrogen-bond donors (Lipinski definition) is 2. The number of hydrogen-bond acceptors (Lipinski definition) is 3. The summed E-state index contributed by atoms with van der Waals surface area (Å²) in [5, 5.41) is 2.11. The van der Waals surface area contributed by atoms with E-state index >= 15 is 0 Å². The first-order valence-corrected chi connectivity index (χ1v) is 5.02. The lowest BCUT2D eigenvalue weighted by Crippen LogP contribution is -2.52. The van der Waals surface area contributed by atoms with Crippen LogP contribution in [0.15, 0.2) is 0 Å². The molecule has 2 N–H and O–H groups in total. The fraction of sp³-hybridized carbons (Fsp3) is 1.00. The van der Waals surface area contributed by atoms with Gasteiger partial charge in [0.2, 0.25) is 0 Å². The summed E-state index contributed by atoms with van der Waals surface area (Å²) < 4.78 is 0. The zero-order valence-electron chi connectivity index (χ0n) is 8.85. The van der Waals surface area contributed by atoms with Gasteiger partial charge in [0.1, 0.15) is 0 Å². The van der Waals surface area contributed by atoms with E-state index in [9.17, 15) is 0 Å². The van der Waals surface area contributed by atoms with Gasteiger partial charge in [-0.3, -0.25) is 0 Å². The molecule has 0 radical (unpaired) electrons. The van der Waals surface area contributed by atoms with Gasteiger partial charge in [-0.15, -0.1) is 0 Å². The van der Waals surface area contributed by atoms with Gasteiger partial charge in [0, 0.05) is 19.1 Å². The normalized spacial score (nSPS) is 13.8. The van der Waals surface area contributed by atoms with Crippen LogP contribution in [0.4, 0.5) is 0 Å². The molecule has 3 heteroatoms. The molecular weight excluding hydrogens is 150 g/mol. The second-order valence-electron chi connectivity index (χ2n) is 3.03. The largest absolute Gasteiger partial charge is 0.242 e. The van der Waals surface area contributed by atoms with Crippen molar-refractivity contribution in [2.45, 2.75) is 46.6 Å². The average Bonchev–Trinajstić information content (AvgIpc) is 2.04. The highest BCUT2D eigenvalue weighted by atomic mass is 15.7. The number of nitrogens with zero attached hydrogens (tertiary/aromatic N) is 1. The average molecular weight is 173 g/mol. The Bertz CT molecular complexity index is 89.8. The lowest BCUT2D eigenvalue weighted by Gasteiger charge is -2.29. The fourth-order valence-electron chi connectivity index (χ4n) is 1.26. The summed E-state index contributed by atoms with van der Waals surface area (Å²) in [6.07, 6.45) is 2.45. The molecule has 0 heterocycles. The van der Waals surface area contributed by atoms with Crippen LogP contribution in [-0.4, -0.2) is 24.2 Å². The van der Waals surface area contributed by atoms with Gasteiger partial charge in [-0.05, 0) is 13.3 Å². The summed E-state index contributed by atoms with van der Waals surface area (Å²) in [7, 11) is 0. The van der Waals surface area contributed by atoms with Crippen molar-refractivity contribution in [1.82, 2.24) is 16.0 Å². The van der Waals surface area contributed by atoms with Gasteiger partial charge in [0.05, 0.1) is 0 Å². The van der Waals surface area contributed by atoms with Crippen molar-refractivity contribution < 1.29 is 0 Å². The van der Waals surface area contributed by atoms with Crippen molar-refractivity contribution in [2.24, 2.45) is 0 Å². The van der Waals surface area contributed by atoms with Crippen LogP contribution in [0.5, 0.6) is 0 Å². The highest BCUT2D eigenvalue weighted by molar-refractivity contribution is 4.58. The van der Waals surface area contributed by atoms with Crippen molar-refractivity contribution in [2.75, 3.05) is 13.1 Å². The summed E-state index contributed by atoms with van der Waals surface area (Å²) >= 11 is 0. The molecular formula is C9H23N3. The lowest BCUT2D eigenvalue weighted by molar-refractivity contribution is 0.0667. The second-order valence-corrected chi connectivity index (χ2v) is 3.03. The standard InChI is InChI=1S/C9H23N3/c1-5-8-9(4)12(10-6-2)11-7-3/h9-11H,5-8H2,1-4H3. The smallest absolute Gasteiger partial charge is 0.0371 e. The van der Waals surface area contributed by atoms with E-state index in [0.29, 0.717) is 6.04 Å². The van der Waals surface area contributed by atoms with Gasteiger partial charge in [-0.25, -0.2) is 10.9 Å². The molecule has 12 heavy (non-hydrogen) atoms. The molecule has 0 saturated carbocycles. The number of hydrazine groups is 2. The molecule has 0 spiro atoms. The van der Waals surface area contributed by atoms with Gasteiger partial charge >= 0.3 is 0 Å². The van der Waals surface area contributed by atoms with E-state index in [1.54, 1.807) is 0 Å². The molecule has 0 rings (SSSR count). The Kier molecular flexibility index (Phi) is 7.45. The highest BCUT2D eigenvalue weighted by Gasteiger charge is 2.09. The molecule has 1 atom stereocenters. The van der Waals surface area contributed by atoms with Crippen LogP contribution in [0, 0.1) is 0 Å². The van der Waals surface area contributed by atoms with Crippen molar-refractivity contribution >= 4 is 0 Å². The molecule has 0 aromatic carbocycles. The van der Waals surface area contributed by atoms with Crippen molar-refractivity contribution in [3.8, 4) is 0 Å². The van der Waals surface area contributed by atoms with Gasteiger partial charge in [-0.1, -0.05) is 27.2 Å². The maximum absolute atomic E-state index is 3.29. The molecule has 0 bridgehead atoms. The third-order valence-corrected chi connectivity index (χ3v) is 1.80. The van der Waals surface area contributed by atoms with Crippen LogP contribution in [0.25, 0.3) is 0 Å². The van der Waals surface area contributed by atoms with Crippen LogP contribution in [-0.2, 0) is 0 Å². The maximum atomic E-state index is 3.29. The monoisotopic (exact) mass is 173 g/mol. The summed E-state index contributed by atoms with van der Waals surface area (Å²) in [5.74, 6) is 0. The topological polar surface area (TPSA) is 27.3 Å². The van der Waals surface area contributed by atoms with Crippen LogP contribution < -0.4 is 10.9 Å². The van der Waals surface area contributed by atoms with Gasteiger partial charge < -0.3 is 0 Å². The van der Waals surface area contributed by atoms with Gasteiger partial charge in [-0.2, -0.15) is 5.12 Å². The Morgan fingerprint density at radius 3 is 1.92 bits per heavy atom. The summed E-state index contributed by atoms with van der Waals surface area (Å²) in [5.41, 5.74) is 6.58. The molecule has 0 aromatic rings. The van der Waals surface area contributed by atoms with E-state index in [2.05, 4.69) is 43.7 Å². The third kappa shape index (κ3) is 4.70. The van der Waals surface area contributed by atoms with E-state index in [-0.39, 0.29) is 0 Å². The minimum absolute atomic E-state index is 0.565. The third-order valence-electron chi connectivity index (χ3n) is 1.80. The predicted molar refractivity (Wildman–Crippen MR) is 53.6 cm³/mol. The second kappa shape index (κ2) is 7.53. The Morgan fingerprint density at radius 1 is 1.08 bits per heavy atom.